The van der Waals surface area contributed by atoms with E-state index in [1.165, 1.54) is 30.5 Å². The fourth-order valence-electron chi connectivity index (χ4n) is 1.43. The molecule has 0 spiro atoms. The van der Waals surface area contributed by atoms with E-state index in [4.69, 9.17) is 9.15 Å². The molecule has 0 aliphatic carbocycles. The van der Waals surface area contributed by atoms with Crippen molar-refractivity contribution in [3.05, 3.63) is 52.0 Å². The number of non-ortho nitro benzene ring substituents is 1. The maximum atomic E-state index is 12.0. The predicted octanol–water partition coefficient (Wildman–Crippen LogP) is 2.21. The van der Waals surface area contributed by atoms with Gasteiger partial charge in [-0.1, -0.05) is 0 Å². The van der Waals surface area contributed by atoms with Crippen molar-refractivity contribution in [1.29, 1.82) is 0 Å². The molecule has 0 aliphatic rings. The quantitative estimate of drug-likeness (QED) is 0.465. The van der Waals surface area contributed by atoms with Gasteiger partial charge in [0.25, 0.3) is 11.6 Å². The molecule has 0 saturated carbocycles. The number of benzene rings is 1. The van der Waals surface area contributed by atoms with Crippen molar-refractivity contribution in [2.45, 2.75) is 6.92 Å². The third-order valence-corrected chi connectivity index (χ3v) is 2.31. The van der Waals surface area contributed by atoms with Gasteiger partial charge in [0.2, 0.25) is 5.78 Å². The SMILES string of the molecule is CCOc1cnc(C(=O)c2ccc([N+](=O)[O-])cc2)o1. The van der Waals surface area contributed by atoms with Crippen molar-refractivity contribution in [2.24, 2.45) is 0 Å². The van der Waals surface area contributed by atoms with Crippen LogP contribution in [-0.2, 0) is 0 Å². The Morgan fingerprint density at radius 1 is 1.42 bits per heavy atom. The second-order valence-corrected chi connectivity index (χ2v) is 3.55. The summed E-state index contributed by atoms with van der Waals surface area (Å²) in [5.41, 5.74) is 0.175. The Morgan fingerprint density at radius 3 is 2.68 bits per heavy atom. The molecule has 0 amide bonds. The molecule has 1 aromatic carbocycles. The van der Waals surface area contributed by atoms with Crippen molar-refractivity contribution >= 4 is 11.5 Å². The first-order valence-corrected chi connectivity index (χ1v) is 5.49. The summed E-state index contributed by atoms with van der Waals surface area (Å²) in [5, 5.41) is 10.5. The average molecular weight is 262 g/mol. The fraction of sp³-hybridized carbons (Fsp3) is 0.167. The number of aromatic nitrogens is 1. The molecule has 0 fully saturated rings. The number of ketones is 1. The minimum absolute atomic E-state index is 0.0843. The number of rotatable bonds is 5. The molecule has 2 rings (SSSR count). The standard InChI is InChI=1S/C12H10N2O5/c1-2-18-10-7-13-12(19-10)11(15)8-3-5-9(6-4-8)14(16)17/h3-7H,2H2,1H3. The van der Waals surface area contributed by atoms with E-state index in [-0.39, 0.29) is 23.1 Å². The molecule has 7 nitrogen and oxygen atoms in total. The lowest BCUT2D eigenvalue weighted by atomic mass is 10.1. The summed E-state index contributed by atoms with van der Waals surface area (Å²) < 4.78 is 10.2. The van der Waals surface area contributed by atoms with E-state index in [2.05, 4.69) is 4.98 Å². The summed E-state index contributed by atoms with van der Waals surface area (Å²) in [6.07, 6.45) is 1.31. The average Bonchev–Trinajstić information content (AvgIpc) is 2.87. The number of oxazole rings is 1. The Labute approximate surface area is 108 Å². The minimum atomic E-state index is -0.535. The molecule has 0 atom stereocenters. The number of nitrogens with zero attached hydrogens (tertiary/aromatic N) is 2. The van der Waals surface area contributed by atoms with Crippen LogP contribution < -0.4 is 4.74 Å². The lowest BCUT2D eigenvalue weighted by Crippen LogP contribution is -2.01. The molecule has 1 aromatic heterocycles. The number of ether oxygens (including phenoxy) is 1. The van der Waals surface area contributed by atoms with Crippen LogP contribution >= 0.6 is 0 Å². The van der Waals surface area contributed by atoms with Gasteiger partial charge in [0.15, 0.2) is 0 Å². The first-order chi connectivity index (χ1) is 9.11. The summed E-state index contributed by atoms with van der Waals surface area (Å²) >= 11 is 0. The van der Waals surface area contributed by atoms with Gasteiger partial charge >= 0.3 is 5.95 Å². The first-order valence-electron chi connectivity index (χ1n) is 5.49. The molecule has 2 aromatic rings. The Hall–Kier alpha value is -2.70. The predicted molar refractivity (Wildman–Crippen MR) is 64.2 cm³/mol. The third kappa shape index (κ3) is 2.76. The van der Waals surface area contributed by atoms with Crippen LogP contribution in [0.25, 0.3) is 0 Å². The Morgan fingerprint density at radius 2 is 2.11 bits per heavy atom. The van der Waals surface area contributed by atoms with Gasteiger partial charge in [0.1, 0.15) is 6.20 Å². The van der Waals surface area contributed by atoms with Gasteiger partial charge in [-0.25, -0.2) is 4.98 Å². The number of carbonyl (C=O) groups excluding carboxylic acids is 1. The highest BCUT2D eigenvalue weighted by atomic mass is 16.6. The van der Waals surface area contributed by atoms with E-state index >= 15 is 0 Å². The van der Waals surface area contributed by atoms with Crippen LogP contribution in [0.3, 0.4) is 0 Å². The van der Waals surface area contributed by atoms with Gasteiger partial charge in [-0.2, -0.15) is 0 Å². The summed E-state index contributed by atoms with van der Waals surface area (Å²) in [5.74, 6) is -0.411. The zero-order chi connectivity index (χ0) is 13.8. The smallest absolute Gasteiger partial charge is 0.305 e. The van der Waals surface area contributed by atoms with E-state index in [0.29, 0.717) is 6.61 Å². The van der Waals surface area contributed by atoms with Crippen LogP contribution in [0.5, 0.6) is 5.95 Å². The van der Waals surface area contributed by atoms with Crippen LogP contribution in [-0.4, -0.2) is 22.3 Å². The van der Waals surface area contributed by atoms with Gasteiger partial charge in [-0.3, -0.25) is 14.9 Å². The monoisotopic (exact) mass is 262 g/mol. The molecule has 7 heteroatoms. The summed E-state index contributed by atoms with van der Waals surface area (Å²) in [4.78, 5) is 25.7. The fourth-order valence-corrected chi connectivity index (χ4v) is 1.43. The van der Waals surface area contributed by atoms with E-state index < -0.39 is 10.7 Å². The van der Waals surface area contributed by atoms with E-state index in [1.807, 2.05) is 0 Å². The molecular weight excluding hydrogens is 252 g/mol. The van der Waals surface area contributed by atoms with E-state index in [1.54, 1.807) is 6.92 Å². The molecule has 0 aliphatic heterocycles. The molecule has 1 heterocycles. The molecule has 98 valence electrons. The zero-order valence-corrected chi connectivity index (χ0v) is 10.0. The highest BCUT2D eigenvalue weighted by Gasteiger charge is 2.17. The molecule has 0 saturated heterocycles. The lowest BCUT2D eigenvalue weighted by Gasteiger charge is -1.97. The van der Waals surface area contributed by atoms with Crippen molar-refractivity contribution in [1.82, 2.24) is 4.98 Å². The molecule has 0 N–H and O–H groups in total. The molecule has 19 heavy (non-hydrogen) atoms. The van der Waals surface area contributed by atoms with Gasteiger partial charge in [-0.05, 0) is 19.1 Å². The Kier molecular flexibility index (Phi) is 3.56. The zero-order valence-electron chi connectivity index (χ0n) is 10.0. The summed E-state index contributed by atoms with van der Waals surface area (Å²) in [7, 11) is 0. The molecule has 0 unspecified atom stereocenters. The second kappa shape index (κ2) is 5.30. The Balaban J connectivity index is 2.20. The van der Waals surface area contributed by atoms with Crippen molar-refractivity contribution < 1.29 is 18.9 Å². The molecule has 0 radical (unpaired) electrons. The first kappa shape index (κ1) is 12.7. The number of carbonyl (C=O) groups is 1. The number of hydrogen-bond donors (Lipinski definition) is 0. The normalized spacial score (nSPS) is 10.2. The number of hydrogen-bond acceptors (Lipinski definition) is 6. The van der Waals surface area contributed by atoms with Crippen LogP contribution in [0, 0.1) is 10.1 Å². The van der Waals surface area contributed by atoms with Crippen molar-refractivity contribution in [3.8, 4) is 5.95 Å². The number of nitro benzene ring substituents is 1. The maximum Gasteiger partial charge on any atom is 0.305 e. The molecular formula is C12H10N2O5. The van der Waals surface area contributed by atoms with Gasteiger partial charge in [0, 0.05) is 17.7 Å². The minimum Gasteiger partial charge on any atom is -0.464 e. The van der Waals surface area contributed by atoms with Crippen LogP contribution in [0.15, 0.2) is 34.9 Å². The highest BCUT2D eigenvalue weighted by molar-refractivity contribution is 6.06. The van der Waals surface area contributed by atoms with Crippen LogP contribution in [0.4, 0.5) is 5.69 Å². The van der Waals surface area contributed by atoms with Gasteiger partial charge in [0.05, 0.1) is 11.5 Å². The molecule has 0 bridgehead atoms. The van der Waals surface area contributed by atoms with E-state index in [0.717, 1.165) is 0 Å². The maximum absolute atomic E-state index is 12.0. The second-order valence-electron chi connectivity index (χ2n) is 3.55. The number of nitro groups is 1. The summed E-state index contributed by atoms with van der Waals surface area (Å²) in [6.45, 7) is 2.18. The summed E-state index contributed by atoms with van der Waals surface area (Å²) in [6, 6.07) is 5.20. The Bertz CT molecular complexity index is 603. The topological polar surface area (TPSA) is 95.5 Å². The highest BCUT2D eigenvalue weighted by Crippen LogP contribution is 2.18. The largest absolute Gasteiger partial charge is 0.464 e. The lowest BCUT2D eigenvalue weighted by molar-refractivity contribution is -0.384. The van der Waals surface area contributed by atoms with Crippen molar-refractivity contribution in [2.75, 3.05) is 6.61 Å². The van der Waals surface area contributed by atoms with E-state index in [9.17, 15) is 14.9 Å². The van der Waals surface area contributed by atoms with Gasteiger partial charge in [-0.15, -0.1) is 0 Å². The van der Waals surface area contributed by atoms with Crippen molar-refractivity contribution in [3.63, 3.8) is 0 Å². The third-order valence-electron chi connectivity index (χ3n) is 2.31. The van der Waals surface area contributed by atoms with Gasteiger partial charge < -0.3 is 9.15 Å². The van der Waals surface area contributed by atoms with Crippen LogP contribution in [0.1, 0.15) is 23.2 Å². The van der Waals surface area contributed by atoms with Crippen LogP contribution in [0.2, 0.25) is 0 Å².